The van der Waals surface area contributed by atoms with E-state index in [2.05, 4.69) is 0 Å². The lowest BCUT2D eigenvalue weighted by Crippen LogP contribution is -2.35. The number of nitrogens with zero attached hydrogens (tertiary/aromatic N) is 1. The average Bonchev–Trinajstić information content (AvgIpc) is 2.46. The zero-order chi connectivity index (χ0) is 12.8. The molecule has 0 aromatic heterocycles. The number of ether oxygens (including phenoxy) is 1. The van der Waals surface area contributed by atoms with E-state index >= 15 is 0 Å². The molecule has 2 aliphatic rings. The van der Waals surface area contributed by atoms with E-state index in [1.54, 1.807) is 0 Å². The molecule has 18 heavy (non-hydrogen) atoms. The van der Waals surface area contributed by atoms with Gasteiger partial charge >= 0.3 is 0 Å². The molecule has 0 radical (unpaired) electrons. The summed E-state index contributed by atoms with van der Waals surface area (Å²) in [6, 6.07) is 0. The Morgan fingerprint density at radius 2 is 1.78 bits per heavy atom. The van der Waals surface area contributed by atoms with Gasteiger partial charge in [0.25, 0.3) is 0 Å². The fourth-order valence-corrected chi connectivity index (χ4v) is 3.18. The number of amides is 1. The first kappa shape index (κ1) is 13.9. The van der Waals surface area contributed by atoms with Gasteiger partial charge in [-0.2, -0.15) is 0 Å². The fraction of sp³-hybridized carbons (Fsp3) is 0.933. The van der Waals surface area contributed by atoms with E-state index < -0.39 is 0 Å². The summed E-state index contributed by atoms with van der Waals surface area (Å²) in [6.45, 7) is 2.75. The predicted octanol–water partition coefficient (Wildman–Crippen LogP) is 2.84. The summed E-state index contributed by atoms with van der Waals surface area (Å²) < 4.78 is 5.37. The van der Waals surface area contributed by atoms with Gasteiger partial charge in [0, 0.05) is 32.7 Å². The van der Waals surface area contributed by atoms with E-state index in [4.69, 9.17) is 4.74 Å². The summed E-state index contributed by atoms with van der Waals surface area (Å²) in [7, 11) is 1.98. The standard InChI is InChI=1S/C15H27NO2/c1-16(10-7-13-8-11-18-12-9-13)15(17)14-5-3-2-4-6-14/h13-14H,2-12H2,1H3. The van der Waals surface area contributed by atoms with Gasteiger partial charge in [-0.3, -0.25) is 4.79 Å². The van der Waals surface area contributed by atoms with Gasteiger partial charge in [-0.1, -0.05) is 19.3 Å². The van der Waals surface area contributed by atoms with Crippen molar-refractivity contribution < 1.29 is 9.53 Å². The van der Waals surface area contributed by atoms with Crippen LogP contribution in [0.1, 0.15) is 51.4 Å². The van der Waals surface area contributed by atoms with Crippen molar-refractivity contribution >= 4 is 5.91 Å². The normalized spacial score (nSPS) is 22.9. The predicted molar refractivity (Wildman–Crippen MR) is 72.4 cm³/mol. The topological polar surface area (TPSA) is 29.5 Å². The van der Waals surface area contributed by atoms with Crippen LogP contribution in [0.4, 0.5) is 0 Å². The highest BCUT2D eigenvalue weighted by atomic mass is 16.5. The molecule has 1 saturated heterocycles. The van der Waals surface area contributed by atoms with Crippen molar-refractivity contribution in [1.29, 1.82) is 0 Å². The van der Waals surface area contributed by atoms with Crippen LogP contribution in [-0.4, -0.2) is 37.6 Å². The van der Waals surface area contributed by atoms with Crippen molar-refractivity contribution in [2.75, 3.05) is 26.8 Å². The number of hydrogen-bond acceptors (Lipinski definition) is 2. The van der Waals surface area contributed by atoms with Gasteiger partial charge < -0.3 is 9.64 Å². The second-order valence-corrected chi connectivity index (χ2v) is 5.94. The summed E-state index contributed by atoms with van der Waals surface area (Å²) in [5.74, 6) is 1.47. The zero-order valence-corrected chi connectivity index (χ0v) is 11.7. The van der Waals surface area contributed by atoms with Crippen LogP contribution in [0.2, 0.25) is 0 Å². The third-order valence-electron chi connectivity index (χ3n) is 4.54. The molecule has 1 amide bonds. The van der Waals surface area contributed by atoms with Gasteiger partial charge in [-0.05, 0) is 38.0 Å². The Bertz CT molecular complexity index is 255. The molecule has 0 spiro atoms. The molecule has 104 valence electrons. The minimum atomic E-state index is 0.318. The second kappa shape index (κ2) is 7.13. The molecule has 0 N–H and O–H groups in total. The highest BCUT2D eigenvalue weighted by molar-refractivity contribution is 5.78. The molecule has 0 bridgehead atoms. The summed E-state index contributed by atoms with van der Waals surface area (Å²) in [5, 5.41) is 0. The summed E-state index contributed by atoms with van der Waals surface area (Å²) in [4.78, 5) is 14.2. The Balaban J connectivity index is 1.69. The van der Waals surface area contributed by atoms with Crippen LogP contribution in [0.3, 0.4) is 0 Å². The molecule has 3 heteroatoms. The molecule has 0 aromatic carbocycles. The van der Waals surface area contributed by atoms with Crippen LogP contribution in [0.15, 0.2) is 0 Å². The van der Waals surface area contributed by atoms with E-state index in [0.29, 0.717) is 11.8 Å². The van der Waals surface area contributed by atoms with Gasteiger partial charge in [0.15, 0.2) is 0 Å². The third-order valence-corrected chi connectivity index (χ3v) is 4.54. The van der Waals surface area contributed by atoms with E-state index in [1.165, 1.54) is 32.1 Å². The third kappa shape index (κ3) is 3.98. The molecule has 0 unspecified atom stereocenters. The minimum absolute atomic E-state index is 0.318. The Labute approximate surface area is 111 Å². The lowest BCUT2D eigenvalue weighted by molar-refractivity contribution is -0.135. The molecule has 3 nitrogen and oxygen atoms in total. The van der Waals surface area contributed by atoms with E-state index in [1.807, 2.05) is 11.9 Å². The number of carbonyl (C=O) groups excluding carboxylic acids is 1. The second-order valence-electron chi connectivity index (χ2n) is 5.94. The fourth-order valence-electron chi connectivity index (χ4n) is 3.18. The smallest absolute Gasteiger partial charge is 0.225 e. The first-order chi connectivity index (χ1) is 8.77. The quantitative estimate of drug-likeness (QED) is 0.771. The molecule has 2 fully saturated rings. The largest absolute Gasteiger partial charge is 0.381 e. The molecular formula is C15H27NO2. The van der Waals surface area contributed by atoms with Crippen molar-refractivity contribution in [3.8, 4) is 0 Å². The minimum Gasteiger partial charge on any atom is -0.381 e. The van der Waals surface area contributed by atoms with Crippen LogP contribution in [0.5, 0.6) is 0 Å². The SMILES string of the molecule is CN(CCC1CCOCC1)C(=O)C1CCCCC1. The average molecular weight is 253 g/mol. The Morgan fingerprint density at radius 1 is 1.11 bits per heavy atom. The maximum Gasteiger partial charge on any atom is 0.225 e. The Kier molecular flexibility index (Phi) is 5.48. The molecule has 0 atom stereocenters. The van der Waals surface area contributed by atoms with Gasteiger partial charge in [0.1, 0.15) is 0 Å². The van der Waals surface area contributed by atoms with Gasteiger partial charge in [0.2, 0.25) is 5.91 Å². The van der Waals surface area contributed by atoms with Crippen molar-refractivity contribution in [3.63, 3.8) is 0 Å². The molecule has 1 heterocycles. The Hall–Kier alpha value is -0.570. The lowest BCUT2D eigenvalue weighted by atomic mass is 9.88. The number of carbonyl (C=O) groups is 1. The van der Waals surface area contributed by atoms with Crippen LogP contribution in [0, 0.1) is 11.8 Å². The zero-order valence-electron chi connectivity index (χ0n) is 11.7. The number of hydrogen-bond donors (Lipinski definition) is 0. The van der Waals surface area contributed by atoms with Crippen molar-refractivity contribution in [2.45, 2.75) is 51.4 Å². The molecule has 1 saturated carbocycles. The van der Waals surface area contributed by atoms with Crippen LogP contribution in [-0.2, 0) is 9.53 Å². The molecule has 1 aliphatic heterocycles. The van der Waals surface area contributed by atoms with Crippen molar-refractivity contribution in [2.24, 2.45) is 11.8 Å². The monoisotopic (exact) mass is 253 g/mol. The number of rotatable bonds is 4. The van der Waals surface area contributed by atoms with Crippen LogP contribution in [0.25, 0.3) is 0 Å². The highest BCUT2D eigenvalue weighted by Crippen LogP contribution is 2.25. The van der Waals surface area contributed by atoms with Crippen molar-refractivity contribution in [1.82, 2.24) is 4.90 Å². The summed E-state index contributed by atoms with van der Waals surface area (Å²) >= 11 is 0. The van der Waals surface area contributed by atoms with Crippen LogP contribution < -0.4 is 0 Å². The van der Waals surface area contributed by atoms with Crippen molar-refractivity contribution in [3.05, 3.63) is 0 Å². The first-order valence-corrected chi connectivity index (χ1v) is 7.60. The summed E-state index contributed by atoms with van der Waals surface area (Å²) in [6.07, 6.45) is 9.51. The molecule has 2 rings (SSSR count). The maximum atomic E-state index is 12.3. The maximum absolute atomic E-state index is 12.3. The Morgan fingerprint density at radius 3 is 2.44 bits per heavy atom. The van der Waals surface area contributed by atoms with E-state index in [-0.39, 0.29) is 0 Å². The molecule has 1 aliphatic carbocycles. The van der Waals surface area contributed by atoms with E-state index in [0.717, 1.165) is 44.9 Å². The molecule has 0 aromatic rings. The summed E-state index contributed by atoms with van der Waals surface area (Å²) in [5.41, 5.74) is 0. The molecular weight excluding hydrogens is 226 g/mol. The van der Waals surface area contributed by atoms with Gasteiger partial charge in [0.05, 0.1) is 0 Å². The van der Waals surface area contributed by atoms with Gasteiger partial charge in [-0.25, -0.2) is 0 Å². The van der Waals surface area contributed by atoms with Gasteiger partial charge in [-0.15, -0.1) is 0 Å². The van der Waals surface area contributed by atoms with Crippen LogP contribution >= 0.6 is 0 Å². The lowest BCUT2D eigenvalue weighted by Gasteiger charge is -2.28. The highest BCUT2D eigenvalue weighted by Gasteiger charge is 2.24. The first-order valence-electron chi connectivity index (χ1n) is 7.60. The van der Waals surface area contributed by atoms with E-state index in [9.17, 15) is 4.79 Å².